The summed E-state index contributed by atoms with van der Waals surface area (Å²) in [5.74, 6) is -0.449. The van der Waals surface area contributed by atoms with Crippen LogP contribution in [-0.2, 0) is 6.54 Å². The average molecular weight is 452 g/mol. The fourth-order valence-corrected chi connectivity index (χ4v) is 3.22. The minimum atomic E-state index is -0.587. The Labute approximate surface area is 188 Å². The number of urea groups is 1. The fraction of sp³-hybridized carbons (Fsp3) is 0.0909. The van der Waals surface area contributed by atoms with Crippen LogP contribution in [0.3, 0.4) is 0 Å². The predicted octanol–water partition coefficient (Wildman–Crippen LogP) is 5.05. The zero-order valence-corrected chi connectivity index (χ0v) is 17.8. The molecule has 2 aromatic heterocycles. The van der Waals surface area contributed by atoms with E-state index in [1.165, 1.54) is 6.07 Å². The number of carbonyl (C=O) groups excluding carboxylic acids is 1. The van der Waals surface area contributed by atoms with E-state index in [4.69, 9.17) is 17.3 Å². The molecule has 4 N–H and O–H groups in total. The summed E-state index contributed by atoms with van der Waals surface area (Å²) in [5.41, 5.74) is 8.75. The first-order valence-electron chi connectivity index (χ1n) is 9.73. The number of nitrogen functional groups attached to an aromatic ring is 1. The van der Waals surface area contributed by atoms with Crippen LogP contribution in [0.4, 0.5) is 26.5 Å². The van der Waals surface area contributed by atoms with Crippen LogP contribution in [0.15, 0.2) is 60.9 Å². The minimum absolute atomic E-state index is 0.0198. The van der Waals surface area contributed by atoms with Gasteiger partial charge in [0.1, 0.15) is 11.5 Å². The predicted molar refractivity (Wildman–Crippen MR) is 123 cm³/mol. The van der Waals surface area contributed by atoms with Crippen LogP contribution in [0.1, 0.15) is 6.92 Å². The Morgan fingerprint density at radius 2 is 1.94 bits per heavy atom. The maximum absolute atomic E-state index is 14.5. The number of hydrogen-bond donors (Lipinski definition) is 3. The Kier molecular flexibility index (Phi) is 6.00. The first kappa shape index (κ1) is 21.3. The lowest BCUT2D eigenvalue weighted by Gasteiger charge is -2.10. The minimum Gasteiger partial charge on any atom is -0.368 e. The number of hydrogen-bond acceptors (Lipinski definition) is 5. The van der Waals surface area contributed by atoms with Crippen molar-refractivity contribution in [3.63, 3.8) is 0 Å². The Morgan fingerprint density at radius 3 is 2.66 bits per heavy atom. The Bertz CT molecular complexity index is 1270. The number of nitrogens with one attached hydrogen (secondary N) is 2. The van der Waals surface area contributed by atoms with Crippen molar-refractivity contribution in [2.24, 2.45) is 0 Å². The van der Waals surface area contributed by atoms with Gasteiger partial charge in [-0.15, -0.1) is 0 Å². The molecule has 0 aliphatic rings. The molecule has 0 saturated carbocycles. The number of carbonyl (C=O) groups is 1. The van der Waals surface area contributed by atoms with Gasteiger partial charge in [-0.05, 0) is 55.0 Å². The number of aryl methyl sites for hydroxylation is 1. The first-order valence-corrected chi connectivity index (χ1v) is 10.1. The van der Waals surface area contributed by atoms with E-state index in [1.807, 2.05) is 13.1 Å². The van der Waals surface area contributed by atoms with E-state index in [1.54, 1.807) is 53.3 Å². The van der Waals surface area contributed by atoms with Crippen LogP contribution < -0.4 is 16.4 Å². The summed E-state index contributed by atoms with van der Waals surface area (Å²) in [6.45, 7) is 2.58. The number of aromatic nitrogens is 4. The van der Waals surface area contributed by atoms with Crippen molar-refractivity contribution >= 4 is 35.0 Å². The van der Waals surface area contributed by atoms with E-state index in [0.717, 1.165) is 0 Å². The molecule has 0 unspecified atom stereocenters. The first-order chi connectivity index (χ1) is 15.4. The summed E-state index contributed by atoms with van der Waals surface area (Å²) >= 11 is 5.85. The molecule has 0 fully saturated rings. The van der Waals surface area contributed by atoms with Gasteiger partial charge in [0.2, 0.25) is 5.95 Å². The second-order valence-electron chi connectivity index (χ2n) is 6.83. The average Bonchev–Trinajstić information content (AvgIpc) is 3.21. The largest absolute Gasteiger partial charge is 0.368 e. The van der Waals surface area contributed by atoms with Crippen molar-refractivity contribution in [3.05, 3.63) is 71.8 Å². The third kappa shape index (κ3) is 4.68. The molecule has 0 saturated heterocycles. The maximum Gasteiger partial charge on any atom is 0.323 e. The van der Waals surface area contributed by atoms with Crippen LogP contribution in [0.2, 0.25) is 5.02 Å². The second kappa shape index (κ2) is 9.03. The van der Waals surface area contributed by atoms with Crippen LogP contribution in [-0.4, -0.2) is 25.8 Å². The van der Waals surface area contributed by atoms with Crippen LogP contribution in [0, 0.1) is 5.82 Å². The third-order valence-electron chi connectivity index (χ3n) is 4.63. The number of halogens is 2. The number of rotatable bonds is 5. The molecule has 2 amide bonds. The van der Waals surface area contributed by atoms with Crippen LogP contribution >= 0.6 is 11.6 Å². The highest BCUT2D eigenvalue weighted by Gasteiger charge is 2.17. The van der Waals surface area contributed by atoms with Gasteiger partial charge in [-0.3, -0.25) is 4.68 Å². The Balaban J connectivity index is 1.65. The van der Waals surface area contributed by atoms with Gasteiger partial charge in [0.25, 0.3) is 0 Å². The van der Waals surface area contributed by atoms with Gasteiger partial charge < -0.3 is 16.4 Å². The molecule has 162 valence electrons. The van der Waals surface area contributed by atoms with E-state index in [0.29, 0.717) is 39.8 Å². The van der Waals surface area contributed by atoms with Crippen molar-refractivity contribution in [1.29, 1.82) is 0 Å². The molecule has 2 heterocycles. The van der Waals surface area contributed by atoms with Gasteiger partial charge in [0.15, 0.2) is 0 Å². The number of amides is 2. The van der Waals surface area contributed by atoms with Crippen molar-refractivity contribution < 1.29 is 9.18 Å². The van der Waals surface area contributed by atoms with Crippen molar-refractivity contribution in [2.45, 2.75) is 13.5 Å². The van der Waals surface area contributed by atoms with Gasteiger partial charge in [-0.2, -0.15) is 5.10 Å². The Hall–Kier alpha value is -3.98. The molecule has 2 aromatic carbocycles. The summed E-state index contributed by atoms with van der Waals surface area (Å²) in [6.07, 6.45) is 3.38. The van der Waals surface area contributed by atoms with E-state index in [2.05, 4.69) is 25.7 Å². The third-order valence-corrected chi connectivity index (χ3v) is 4.88. The summed E-state index contributed by atoms with van der Waals surface area (Å²) in [5, 5.41) is 10.3. The zero-order valence-electron chi connectivity index (χ0n) is 17.0. The lowest BCUT2D eigenvalue weighted by molar-refractivity contribution is 0.262. The fourth-order valence-electron chi connectivity index (χ4n) is 3.10. The van der Waals surface area contributed by atoms with Crippen LogP contribution in [0.25, 0.3) is 22.5 Å². The molecule has 4 aromatic rings. The van der Waals surface area contributed by atoms with E-state index in [-0.39, 0.29) is 11.6 Å². The van der Waals surface area contributed by atoms with Gasteiger partial charge >= 0.3 is 6.03 Å². The van der Waals surface area contributed by atoms with Crippen molar-refractivity contribution in [3.8, 4) is 22.5 Å². The van der Waals surface area contributed by atoms with Crippen LogP contribution in [0.5, 0.6) is 0 Å². The highest BCUT2D eigenvalue weighted by Crippen LogP contribution is 2.32. The summed E-state index contributed by atoms with van der Waals surface area (Å²) in [7, 11) is 0. The number of benzene rings is 2. The highest BCUT2D eigenvalue weighted by molar-refractivity contribution is 6.30. The SMILES string of the molecule is CCn1cc(-c2ccc(F)c(NC(=O)Nc3ccc(Cl)cc3)c2)c(-c2ccnc(N)n2)n1. The van der Waals surface area contributed by atoms with E-state index >= 15 is 0 Å². The molecule has 0 atom stereocenters. The smallest absolute Gasteiger partial charge is 0.323 e. The van der Waals surface area contributed by atoms with Crippen molar-refractivity contribution in [1.82, 2.24) is 19.7 Å². The second-order valence-corrected chi connectivity index (χ2v) is 7.26. The molecular formula is C22H19ClFN7O. The van der Waals surface area contributed by atoms with E-state index < -0.39 is 11.8 Å². The standard InChI is InChI=1S/C22H19ClFN7O/c1-2-31-12-16(20(30-31)18-9-10-26-21(25)28-18)13-3-8-17(24)19(11-13)29-22(32)27-15-6-4-14(23)5-7-15/h3-12H,2H2,1H3,(H2,25,26,28)(H2,27,29,32). The molecule has 0 aliphatic carbocycles. The summed E-state index contributed by atoms with van der Waals surface area (Å²) in [4.78, 5) is 20.5. The summed E-state index contributed by atoms with van der Waals surface area (Å²) < 4.78 is 16.2. The molecule has 0 bridgehead atoms. The molecule has 10 heteroatoms. The Morgan fingerprint density at radius 1 is 1.16 bits per heavy atom. The molecule has 4 rings (SSSR count). The van der Waals surface area contributed by atoms with E-state index in [9.17, 15) is 9.18 Å². The van der Waals surface area contributed by atoms with Gasteiger partial charge in [-0.25, -0.2) is 19.2 Å². The maximum atomic E-state index is 14.5. The topological polar surface area (TPSA) is 111 Å². The lowest BCUT2D eigenvalue weighted by Crippen LogP contribution is -2.20. The lowest BCUT2D eigenvalue weighted by atomic mass is 10.0. The van der Waals surface area contributed by atoms with Gasteiger partial charge in [0.05, 0.1) is 11.4 Å². The molecule has 32 heavy (non-hydrogen) atoms. The zero-order chi connectivity index (χ0) is 22.7. The highest BCUT2D eigenvalue weighted by atomic mass is 35.5. The normalized spacial score (nSPS) is 10.7. The molecule has 0 radical (unpaired) electrons. The molecule has 0 spiro atoms. The molecule has 0 aliphatic heterocycles. The van der Waals surface area contributed by atoms with Gasteiger partial charge in [0, 0.05) is 35.2 Å². The summed E-state index contributed by atoms with van der Waals surface area (Å²) in [6, 6.07) is 12.1. The number of anilines is 3. The number of nitrogens with zero attached hydrogens (tertiary/aromatic N) is 4. The number of nitrogens with two attached hydrogens (primary N) is 1. The molecule has 8 nitrogen and oxygen atoms in total. The monoisotopic (exact) mass is 451 g/mol. The van der Waals surface area contributed by atoms with Crippen molar-refractivity contribution in [2.75, 3.05) is 16.4 Å². The van der Waals surface area contributed by atoms with Gasteiger partial charge in [-0.1, -0.05) is 17.7 Å². The quantitative estimate of drug-likeness (QED) is 0.393. The molecular weight excluding hydrogens is 433 g/mol.